The van der Waals surface area contributed by atoms with Crippen molar-refractivity contribution >= 4 is 23.2 Å². The number of aromatic amines is 1. The molecule has 0 saturated carbocycles. The van der Waals surface area contributed by atoms with Crippen molar-refractivity contribution in [3.63, 3.8) is 0 Å². The van der Waals surface area contributed by atoms with Gasteiger partial charge in [-0.1, -0.05) is 0 Å². The Balaban J connectivity index is 1.35. The van der Waals surface area contributed by atoms with Crippen LogP contribution in [0.3, 0.4) is 0 Å². The number of benzene rings is 1. The van der Waals surface area contributed by atoms with Gasteiger partial charge in [0.25, 0.3) is 0 Å². The average molecular weight is 526 g/mol. The van der Waals surface area contributed by atoms with Gasteiger partial charge >= 0.3 is 6.09 Å². The van der Waals surface area contributed by atoms with Gasteiger partial charge in [0, 0.05) is 66.2 Å². The lowest BCUT2D eigenvalue weighted by Gasteiger charge is -2.34. The lowest BCUT2D eigenvalue weighted by atomic mass is 9.94. The Morgan fingerprint density at radius 1 is 1.18 bits per heavy atom. The van der Waals surface area contributed by atoms with Gasteiger partial charge in [0.05, 0.1) is 24.4 Å². The third kappa shape index (κ3) is 5.20. The topological polar surface area (TPSA) is 118 Å². The molecular formula is C28H31N9O2. The highest BCUT2D eigenvalue weighted by molar-refractivity contribution is 5.78. The molecule has 39 heavy (non-hydrogen) atoms. The average Bonchev–Trinajstić information content (AvgIpc) is 3.70. The number of fused-ring (bicyclic) bond motifs is 1. The second-order valence-corrected chi connectivity index (χ2v) is 10.8. The Bertz CT molecular complexity index is 1570. The predicted molar refractivity (Wildman–Crippen MR) is 147 cm³/mol. The van der Waals surface area contributed by atoms with Crippen LogP contribution in [-0.4, -0.2) is 64.0 Å². The van der Waals surface area contributed by atoms with Gasteiger partial charge in [0.1, 0.15) is 11.4 Å². The number of nitrogens with zero attached hydrogens (tertiary/aromatic N) is 7. The highest BCUT2D eigenvalue weighted by atomic mass is 16.6. The number of ether oxygens (including phenoxy) is 1. The van der Waals surface area contributed by atoms with E-state index in [9.17, 15) is 4.79 Å². The molecule has 1 aliphatic rings. The van der Waals surface area contributed by atoms with Gasteiger partial charge in [0.2, 0.25) is 0 Å². The van der Waals surface area contributed by atoms with Crippen molar-refractivity contribution in [3.05, 3.63) is 73.3 Å². The van der Waals surface area contributed by atoms with Gasteiger partial charge in [-0.2, -0.15) is 14.7 Å². The van der Waals surface area contributed by atoms with Crippen LogP contribution in [0.4, 0.5) is 16.3 Å². The molecule has 1 aliphatic heterocycles. The molecule has 4 aromatic heterocycles. The summed E-state index contributed by atoms with van der Waals surface area (Å²) in [7, 11) is 0. The normalized spacial score (nSPS) is 16.0. The first-order chi connectivity index (χ1) is 18.8. The highest BCUT2D eigenvalue weighted by Gasteiger charge is 2.30. The summed E-state index contributed by atoms with van der Waals surface area (Å²) in [5.41, 5.74) is 4.80. The van der Waals surface area contributed by atoms with E-state index in [1.165, 1.54) is 0 Å². The predicted octanol–water partition coefficient (Wildman–Crippen LogP) is 5.16. The summed E-state index contributed by atoms with van der Waals surface area (Å²) < 4.78 is 9.42. The van der Waals surface area contributed by atoms with E-state index >= 15 is 0 Å². The summed E-state index contributed by atoms with van der Waals surface area (Å²) in [6.07, 6.45) is 12.4. The van der Waals surface area contributed by atoms with E-state index in [1.807, 2.05) is 72.6 Å². The van der Waals surface area contributed by atoms with Crippen LogP contribution in [0.15, 0.2) is 67.6 Å². The smallest absolute Gasteiger partial charge is 0.410 e. The number of anilines is 2. The summed E-state index contributed by atoms with van der Waals surface area (Å²) in [5, 5.41) is 15.2. The Morgan fingerprint density at radius 2 is 2.03 bits per heavy atom. The molecule has 11 nitrogen and oxygen atoms in total. The molecular weight excluding hydrogens is 494 g/mol. The van der Waals surface area contributed by atoms with E-state index in [0.29, 0.717) is 13.1 Å². The SMILES string of the molecule is CC(C)(C)OC(=O)N1CCCC(c2cc(Nc3ccc(-n4ccnc4)cc3)n3ncc(-c4cn[nH]c4)c3n2)C1. The number of hydrogen-bond donors (Lipinski definition) is 2. The fourth-order valence-electron chi connectivity index (χ4n) is 4.87. The van der Waals surface area contributed by atoms with Crippen molar-refractivity contribution in [1.29, 1.82) is 0 Å². The molecule has 5 aromatic rings. The van der Waals surface area contributed by atoms with E-state index in [-0.39, 0.29) is 12.0 Å². The first-order valence-corrected chi connectivity index (χ1v) is 13.1. The van der Waals surface area contributed by atoms with Gasteiger partial charge in [-0.15, -0.1) is 0 Å². The number of nitrogens with one attached hydrogen (secondary N) is 2. The summed E-state index contributed by atoms with van der Waals surface area (Å²) in [4.78, 5) is 23.8. The minimum atomic E-state index is -0.539. The fraction of sp³-hybridized carbons (Fsp3) is 0.321. The second-order valence-electron chi connectivity index (χ2n) is 10.8. The minimum Gasteiger partial charge on any atom is -0.444 e. The third-order valence-corrected chi connectivity index (χ3v) is 6.73. The van der Waals surface area contributed by atoms with Crippen LogP contribution < -0.4 is 5.32 Å². The van der Waals surface area contributed by atoms with Gasteiger partial charge in [-0.05, 0) is 57.9 Å². The number of H-pyrrole nitrogens is 1. The Kier molecular flexibility index (Phi) is 6.26. The summed E-state index contributed by atoms with van der Waals surface area (Å²) in [5.74, 6) is 0.849. The molecule has 1 atom stereocenters. The van der Waals surface area contributed by atoms with Crippen molar-refractivity contribution in [2.45, 2.75) is 45.1 Å². The summed E-state index contributed by atoms with van der Waals surface area (Å²) >= 11 is 0. The standard InChI is InChI=1S/C28H31N9O2/c1-28(2,3)39-27(38)35-11-4-5-19(17-35)24-13-25(33-21-6-8-22(9-7-21)36-12-10-29-18-36)37-26(34-24)23(16-32-37)20-14-30-31-15-20/h6-10,12-16,18-19,33H,4-5,11,17H2,1-3H3,(H,30,31). The first kappa shape index (κ1) is 24.7. The number of imidazole rings is 1. The zero-order chi connectivity index (χ0) is 27.0. The van der Waals surface area contributed by atoms with Crippen molar-refractivity contribution in [2.24, 2.45) is 0 Å². The monoisotopic (exact) mass is 525 g/mol. The molecule has 0 aliphatic carbocycles. The van der Waals surface area contributed by atoms with Crippen LogP contribution in [-0.2, 0) is 4.74 Å². The van der Waals surface area contributed by atoms with Crippen molar-refractivity contribution in [3.8, 4) is 16.8 Å². The maximum atomic E-state index is 12.8. The molecule has 1 fully saturated rings. The molecule has 200 valence electrons. The molecule has 1 unspecified atom stereocenters. The molecule has 0 bridgehead atoms. The van der Waals surface area contributed by atoms with Crippen molar-refractivity contribution < 1.29 is 9.53 Å². The van der Waals surface area contributed by atoms with Crippen molar-refractivity contribution in [1.82, 2.24) is 39.2 Å². The van der Waals surface area contributed by atoms with Gasteiger partial charge in [-0.3, -0.25) is 5.10 Å². The largest absolute Gasteiger partial charge is 0.444 e. The number of hydrogen-bond acceptors (Lipinski definition) is 7. The highest BCUT2D eigenvalue weighted by Crippen LogP contribution is 2.32. The molecule has 6 rings (SSSR count). The van der Waals surface area contributed by atoms with Crippen LogP contribution in [0.5, 0.6) is 0 Å². The Labute approximate surface area is 225 Å². The number of amides is 1. The molecule has 11 heteroatoms. The molecule has 1 amide bonds. The zero-order valence-electron chi connectivity index (χ0n) is 22.2. The number of aromatic nitrogens is 7. The van der Waals surface area contributed by atoms with Crippen LogP contribution in [0.1, 0.15) is 45.2 Å². The molecule has 1 aromatic carbocycles. The van der Waals surface area contributed by atoms with Crippen LogP contribution >= 0.6 is 0 Å². The van der Waals surface area contributed by atoms with Gasteiger partial charge in [0.15, 0.2) is 5.65 Å². The number of likely N-dealkylation sites (tertiary alicyclic amines) is 1. The second kappa shape index (κ2) is 9.90. The minimum absolute atomic E-state index is 0.0625. The van der Waals surface area contributed by atoms with Crippen molar-refractivity contribution in [2.75, 3.05) is 18.4 Å². The number of carbonyl (C=O) groups excluding carboxylic acids is 1. The molecule has 5 heterocycles. The van der Waals surface area contributed by atoms with E-state index < -0.39 is 5.60 Å². The number of carbonyl (C=O) groups is 1. The quantitative estimate of drug-likeness (QED) is 0.325. The van der Waals surface area contributed by atoms with Gasteiger partial charge < -0.3 is 19.5 Å². The maximum Gasteiger partial charge on any atom is 0.410 e. The van der Waals surface area contributed by atoms with Gasteiger partial charge in [-0.25, -0.2) is 14.8 Å². The van der Waals surface area contributed by atoms with Crippen LogP contribution in [0.25, 0.3) is 22.5 Å². The zero-order valence-corrected chi connectivity index (χ0v) is 22.2. The molecule has 0 radical (unpaired) electrons. The van der Waals surface area contributed by atoms with E-state index in [4.69, 9.17) is 9.72 Å². The molecule has 0 spiro atoms. The molecule has 1 saturated heterocycles. The van der Waals surface area contributed by atoms with E-state index in [1.54, 1.807) is 29.8 Å². The van der Waals surface area contributed by atoms with E-state index in [2.05, 4.69) is 25.6 Å². The van der Waals surface area contributed by atoms with Crippen LogP contribution in [0.2, 0.25) is 0 Å². The lowest BCUT2D eigenvalue weighted by Crippen LogP contribution is -2.42. The third-order valence-electron chi connectivity index (χ3n) is 6.73. The first-order valence-electron chi connectivity index (χ1n) is 13.1. The summed E-state index contributed by atoms with van der Waals surface area (Å²) in [6.45, 7) is 6.89. The number of rotatable bonds is 5. The maximum absolute atomic E-state index is 12.8. The molecule has 2 N–H and O–H groups in total. The van der Waals surface area contributed by atoms with E-state index in [0.717, 1.165) is 52.5 Å². The Morgan fingerprint density at radius 3 is 2.74 bits per heavy atom. The number of piperidine rings is 1. The summed E-state index contributed by atoms with van der Waals surface area (Å²) in [6, 6.07) is 10.1. The lowest BCUT2D eigenvalue weighted by molar-refractivity contribution is 0.0197. The fourth-order valence-corrected chi connectivity index (χ4v) is 4.87. The van der Waals surface area contributed by atoms with Crippen LogP contribution in [0, 0.1) is 0 Å². The Hall–Kier alpha value is -4.67.